The summed E-state index contributed by atoms with van der Waals surface area (Å²) in [5, 5.41) is 0. The molecule has 0 aliphatic heterocycles. The van der Waals surface area contributed by atoms with E-state index in [0.717, 1.165) is 12.8 Å². The molecule has 0 unspecified atom stereocenters. The van der Waals surface area contributed by atoms with E-state index in [1.54, 1.807) is 0 Å². The normalized spacial score (nSPS) is 10.6. The summed E-state index contributed by atoms with van der Waals surface area (Å²) in [5.41, 5.74) is 0. The van der Waals surface area contributed by atoms with E-state index in [1.807, 2.05) is 6.29 Å². The fourth-order valence-electron chi connectivity index (χ4n) is 0.890. The molecule has 0 amide bonds. The summed E-state index contributed by atoms with van der Waals surface area (Å²) in [6, 6.07) is 0. The van der Waals surface area contributed by atoms with Gasteiger partial charge in [0.25, 0.3) is 0 Å². The summed E-state index contributed by atoms with van der Waals surface area (Å²) in [5.74, 6) is 0. The molecule has 0 aliphatic rings. The van der Waals surface area contributed by atoms with Crippen LogP contribution in [0.25, 0.3) is 0 Å². The number of hydrogen-bond donors (Lipinski definition) is 0. The lowest BCUT2D eigenvalue weighted by molar-refractivity contribution is 0.551. The van der Waals surface area contributed by atoms with E-state index in [1.165, 1.54) is 19.3 Å². The molecule has 0 aromatic heterocycles. The molecule has 11 heavy (non-hydrogen) atoms. The lowest BCUT2D eigenvalue weighted by Crippen LogP contribution is -1.72. The minimum Gasteiger partial charge on any atom is -0.291 e. The van der Waals surface area contributed by atoms with Crippen LogP contribution in [0.1, 0.15) is 45.4 Å². The third-order valence-corrected chi connectivity index (χ3v) is 1.55. The van der Waals surface area contributed by atoms with Gasteiger partial charge in [-0.15, -0.1) is 0 Å². The topological polar surface area (TPSA) is 17.1 Å². The molecule has 0 saturated carbocycles. The van der Waals surface area contributed by atoms with E-state index in [4.69, 9.17) is 0 Å². The van der Waals surface area contributed by atoms with Crippen LogP contribution in [0.2, 0.25) is 0 Å². The van der Waals surface area contributed by atoms with Crippen molar-refractivity contribution in [2.75, 3.05) is 0 Å². The monoisotopic (exact) mass is 153 g/mol. The number of hydrogen-bond acceptors (Lipinski definition) is 1. The van der Waals surface area contributed by atoms with Gasteiger partial charge >= 0.3 is 0 Å². The molecule has 1 nitrogen and oxygen atoms in total. The van der Waals surface area contributed by atoms with Crippen LogP contribution in [0.3, 0.4) is 0 Å². The number of unbranched alkanes of at least 4 members (excludes halogenated alkanes) is 4. The van der Waals surface area contributed by atoms with Crippen molar-refractivity contribution in [3.05, 3.63) is 12.2 Å². The smallest absolute Gasteiger partial charge is 0.198 e. The van der Waals surface area contributed by atoms with Gasteiger partial charge in [0.1, 0.15) is 0 Å². The maximum Gasteiger partial charge on any atom is 0.198 e. The van der Waals surface area contributed by atoms with Gasteiger partial charge in [0, 0.05) is 6.42 Å². The molecule has 0 fully saturated rings. The summed E-state index contributed by atoms with van der Waals surface area (Å²) < 4.78 is 0. The highest BCUT2D eigenvalue weighted by atomic mass is 16.1. The van der Waals surface area contributed by atoms with Gasteiger partial charge in [0.2, 0.25) is 0 Å². The summed E-state index contributed by atoms with van der Waals surface area (Å²) in [4.78, 5) is 9.78. The Hall–Kier alpha value is -0.590. The number of rotatable bonds is 7. The largest absolute Gasteiger partial charge is 0.291 e. The first-order valence-electron chi connectivity index (χ1n) is 4.41. The molecule has 63 valence electrons. The minimum atomic E-state index is 0.546. The van der Waals surface area contributed by atoms with Crippen molar-refractivity contribution in [3.63, 3.8) is 0 Å². The highest BCUT2D eigenvalue weighted by molar-refractivity contribution is 5.50. The summed E-state index contributed by atoms with van der Waals surface area (Å²) in [7, 11) is 0. The van der Waals surface area contributed by atoms with Gasteiger partial charge in [0.15, 0.2) is 6.29 Å². The zero-order chi connectivity index (χ0) is 8.36. The lowest BCUT2D eigenvalue weighted by Gasteiger charge is -1.90. The Balaban J connectivity index is 2.97. The molecule has 0 atom stereocenters. The van der Waals surface area contributed by atoms with Crippen LogP contribution >= 0.6 is 0 Å². The quantitative estimate of drug-likeness (QED) is 0.406. The molecule has 1 heteroatoms. The highest BCUT2D eigenvalue weighted by Crippen LogP contribution is 2.00. The van der Waals surface area contributed by atoms with Crippen LogP contribution in [0, 0.1) is 0 Å². The predicted octanol–water partition coefficient (Wildman–Crippen LogP) is 3.01. The minimum absolute atomic E-state index is 0.546. The predicted molar refractivity (Wildman–Crippen MR) is 48.2 cm³/mol. The van der Waals surface area contributed by atoms with Crippen LogP contribution in [0.15, 0.2) is 12.2 Å². The zero-order valence-corrected chi connectivity index (χ0v) is 7.31. The van der Waals surface area contributed by atoms with E-state index in [0.29, 0.717) is 6.42 Å². The molecular formula is C10H17O. The molecule has 0 rings (SSSR count). The van der Waals surface area contributed by atoms with Crippen molar-refractivity contribution in [1.29, 1.82) is 0 Å². The van der Waals surface area contributed by atoms with Crippen LogP contribution < -0.4 is 0 Å². The Bertz CT molecular complexity index is 105. The van der Waals surface area contributed by atoms with Gasteiger partial charge < -0.3 is 0 Å². The third-order valence-electron chi connectivity index (χ3n) is 1.55. The van der Waals surface area contributed by atoms with Crippen molar-refractivity contribution >= 4 is 6.29 Å². The van der Waals surface area contributed by atoms with Crippen molar-refractivity contribution in [2.24, 2.45) is 0 Å². The molecule has 0 N–H and O–H groups in total. The Labute approximate surface area is 69.5 Å². The Morgan fingerprint density at radius 3 is 2.55 bits per heavy atom. The summed E-state index contributed by atoms with van der Waals surface area (Å²) >= 11 is 0. The SMILES string of the molecule is CCCCCC=CCC[C]=O. The third kappa shape index (κ3) is 9.41. The second-order valence-electron chi connectivity index (χ2n) is 2.65. The standard InChI is InChI=1S/C10H17O/c1-2-3-4-5-6-7-8-9-10-11/h6-7H,2-5,8-9H2,1H3. The maximum atomic E-state index is 9.78. The average molecular weight is 153 g/mol. The molecule has 0 aromatic carbocycles. The summed E-state index contributed by atoms with van der Waals surface area (Å²) in [6.07, 6.45) is 12.5. The van der Waals surface area contributed by atoms with Crippen LogP contribution in [-0.2, 0) is 4.79 Å². The van der Waals surface area contributed by atoms with Gasteiger partial charge in [0.05, 0.1) is 0 Å². The van der Waals surface area contributed by atoms with Crippen molar-refractivity contribution in [3.8, 4) is 0 Å². The number of carbonyl (C=O) groups excluding carboxylic acids is 1. The van der Waals surface area contributed by atoms with Gasteiger partial charge in [-0.1, -0.05) is 31.9 Å². The number of allylic oxidation sites excluding steroid dienone is 2. The Morgan fingerprint density at radius 1 is 1.18 bits per heavy atom. The molecule has 0 heterocycles. The summed E-state index contributed by atoms with van der Waals surface area (Å²) in [6.45, 7) is 2.20. The van der Waals surface area contributed by atoms with E-state index in [-0.39, 0.29) is 0 Å². The van der Waals surface area contributed by atoms with Crippen molar-refractivity contribution < 1.29 is 4.79 Å². The van der Waals surface area contributed by atoms with E-state index in [2.05, 4.69) is 19.1 Å². The molecule has 0 saturated heterocycles. The fourth-order valence-corrected chi connectivity index (χ4v) is 0.890. The highest BCUT2D eigenvalue weighted by Gasteiger charge is 1.81. The second-order valence-corrected chi connectivity index (χ2v) is 2.65. The van der Waals surface area contributed by atoms with E-state index < -0.39 is 0 Å². The first-order chi connectivity index (χ1) is 5.41. The molecule has 0 aliphatic carbocycles. The van der Waals surface area contributed by atoms with Crippen LogP contribution in [0.5, 0.6) is 0 Å². The fraction of sp³-hybridized carbons (Fsp3) is 0.700. The Kier molecular flexibility index (Phi) is 8.91. The molecule has 1 radical (unpaired) electrons. The molecular weight excluding hydrogens is 136 g/mol. The van der Waals surface area contributed by atoms with Gasteiger partial charge in [-0.05, 0) is 19.3 Å². The lowest BCUT2D eigenvalue weighted by atomic mass is 10.2. The first kappa shape index (κ1) is 10.4. The van der Waals surface area contributed by atoms with Gasteiger partial charge in [-0.2, -0.15) is 0 Å². The molecule has 0 spiro atoms. The van der Waals surface area contributed by atoms with Crippen LogP contribution in [-0.4, -0.2) is 6.29 Å². The second kappa shape index (κ2) is 9.41. The van der Waals surface area contributed by atoms with Gasteiger partial charge in [-0.3, -0.25) is 4.79 Å². The zero-order valence-electron chi connectivity index (χ0n) is 7.31. The van der Waals surface area contributed by atoms with E-state index in [9.17, 15) is 4.79 Å². The van der Waals surface area contributed by atoms with Crippen molar-refractivity contribution in [1.82, 2.24) is 0 Å². The molecule has 0 bridgehead atoms. The molecule has 0 aromatic rings. The maximum absolute atomic E-state index is 9.78. The van der Waals surface area contributed by atoms with Crippen LogP contribution in [0.4, 0.5) is 0 Å². The Morgan fingerprint density at radius 2 is 1.91 bits per heavy atom. The average Bonchev–Trinajstić information content (AvgIpc) is 2.03. The van der Waals surface area contributed by atoms with Crippen molar-refractivity contribution in [2.45, 2.75) is 45.4 Å². The first-order valence-corrected chi connectivity index (χ1v) is 4.41. The van der Waals surface area contributed by atoms with Gasteiger partial charge in [-0.25, -0.2) is 0 Å². The van der Waals surface area contributed by atoms with E-state index >= 15 is 0 Å².